The molecule has 1 aliphatic rings. The zero-order valence-electron chi connectivity index (χ0n) is 9.60. The van der Waals surface area contributed by atoms with Crippen molar-refractivity contribution in [1.29, 1.82) is 0 Å². The van der Waals surface area contributed by atoms with Gasteiger partial charge in [-0.25, -0.2) is 4.98 Å². The molecule has 0 unspecified atom stereocenters. The molecule has 0 aliphatic carbocycles. The minimum absolute atomic E-state index is 0.0364. The highest BCUT2D eigenvalue weighted by atomic mass is 35.5. The van der Waals surface area contributed by atoms with Gasteiger partial charge in [-0.05, 0) is 24.8 Å². The molecule has 1 aromatic rings. The highest BCUT2D eigenvalue weighted by molar-refractivity contribution is 6.31. The fraction of sp³-hybridized carbons (Fsp3) is 0.545. The van der Waals surface area contributed by atoms with Crippen molar-refractivity contribution in [3.63, 3.8) is 0 Å². The summed E-state index contributed by atoms with van der Waals surface area (Å²) in [6.07, 6.45) is 2.34. The maximum absolute atomic E-state index is 10.6. The first-order valence-electron chi connectivity index (χ1n) is 5.64. The van der Waals surface area contributed by atoms with Gasteiger partial charge in [-0.15, -0.1) is 0 Å². The molecule has 5 nitrogen and oxygen atoms in total. The number of piperidine rings is 1. The van der Waals surface area contributed by atoms with E-state index in [1.807, 2.05) is 0 Å². The van der Waals surface area contributed by atoms with Crippen LogP contribution < -0.4 is 4.90 Å². The molecular weight excluding hydrogens is 242 g/mol. The first kappa shape index (κ1) is 12.1. The molecule has 92 valence electrons. The van der Waals surface area contributed by atoms with Crippen molar-refractivity contribution >= 4 is 23.1 Å². The van der Waals surface area contributed by atoms with Gasteiger partial charge in [-0.2, -0.15) is 0 Å². The Morgan fingerprint density at radius 3 is 2.94 bits per heavy atom. The van der Waals surface area contributed by atoms with Gasteiger partial charge in [0.25, 0.3) is 0 Å². The molecule has 1 atom stereocenters. The molecule has 6 heteroatoms. The number of nitrogens with zero attached hydrogens (tertiary/aromatic N) is 3. The number of aromatic nitrogens is 1. The molecule has 0 bridgehead atoms. The summed E-state index contributed by atoms with van der Waals surface area (Å²) in [6.45, 7) is 4.06. The van der Waals surface area contributed by atoms with Crippen molar-refractivity contribution in [2.75, 3.05) is 18.0 Å². The average Bonchev–Trinajstić information content (AvgIpc) is 2.28. The van der Waals surface area contributed by atoms with Crippen LogP contribution in [-0.4, -0.2) is 23.0 Å². The van der Waals surface area contributed by atoms with Crippen LogP contribution in [0.4, 0.5) is 11.5 Å². The molecule has 0 spiro atoms. The monoisotopic (exact) mass is 255 g/mol. The molecule has 17 heavy (non-hydrogen) atoms. The van der Waals surface area contributed by atoms with Gasteiger partial charge >= 0.3 is 5.69 Å². The topological polar surface area (TPSA) is 59.3 Å². The Labute approximate surface area is 105 Å². The summed E-state index contributed by atoms with van der Waals surface area (Å²) in [4.78, 5) is 16.3. The third-order valence-electron chi connectivity index (χ3n) is 2.99. The van der Waals surface area contributed by atoms with Crippen LogP contribution in [0.25, 0.3) is 0 Å². The van der Waals surface area contributed by atoms with Gasteiger partial charge in [-0.3, -0.25) is 10.1 Å². The van der Waals surface area contributed by atoms with Gasteiger partial charge in [0.15, 0.2) is 0 Å². The van der Waals surface area contributed by atoms with E-state index in [1.165, 1.54) is 12.5 Å². The Morgan fingerprint density at radius 1 is 1.59 bits per heavy atom. The van der Waals surface area contributed by atoms with Gasteiger partial charge in [-0.1, -0.05) is 18.5 Å². The number of pyridine rings is 1. The van der Waals surface area contributed by atoms with Crippen LogP contribution in [0.3, 0.4) is 0 Å². The fourth-order valence-electron chi connectivity index (χ4n) is 2.13. The Hall–Kier alpha value is -1.36. The lowest BCUT2D eigenvalue weighted by Gasteiger charge is -2.31. The number of rotatable bonds is 2. The predicted octanol–water partition coefficient (Wildman–Crippen LogP) is 2.88. The molecule has 2 rings (SSSR count). The fourth-order valence-corrected chi connectivity index (χ4v) is 2.35. The highest BCUT2D eigenvalue weighted by Crippen LogP contribution is 2.27. The first-order valence-corrected chi connectivity index (χ1v) is 6.01. The summed E-state index contributed by atoms with van der Waals surface area (Å²) in [6, 6.07) is 3.09. The predicted molar refractivity (Wildman–Crippen MR) is 66.5 cm³/mol. The molecule has 0 N–H and O–H groups in total. The smallest absolute Gasteiger partial charge is 0.306 e. The molecule has 0 radical (unpaired) electrons. The third kappa shape index (κ3) is 2.66. The minimum Gasteiger partial charge on any atom is -0.356 e. The number of anilines is 1. The molecular formula is C11H14ClN3O2. The number of nitro groups is 1. The van der Waals surface area contributed by atoms with Crippen LogP contribution in [0, 0.1) is 16.0 Å². The lowest BCUT2D eigenvalue weighted by molar-refractivity contribution is -0.385. The van der Waals surface area contributed by atoms with E-state index in [9.17, 15) is 10.1 Å². The first-order chi connectivity index (χ1) is 8.08. The van der Waals surface area contributed by atoms with Crippen molar-refractivity contribution in [1.82, 2.24) is 4.98 Å². The lowest BCUT2D eigenvalue weighted by atomic mass is 10.0. The molecule has 1 aromatic heterocycles. The molecule has 1 fully saturated rings. The van der Waals surface area contributed by atoms with E-state index in [2.05, 4.69) is 16.8 Å². The lowest BCUT2D eigenvalue weighted by Crippen LogP contribution is -2.34. The van der Waals surface area contributed by atoms with E-state index in [0.717, 1.165) is 25.3 Å². The maximum Gasteiger partial charge on any atom is 0.306 e. The number of hydrogen-bond donors (Lipinski definition) is 0. The van der Waals surface area contributed by atoms with Gasteiger partial charge < -0.3 is 4.90 Å². The zero-order valence-corrected chi connectivity index (χ0v) is 10.4. The largest absolute Gasteiger partial charge is 0.356 e. The summed E-state index contributed by atoms with van der Waals surface area (Å²) in [5.74, 6) is 1.35. The zero-order chi connectivity index (χ0) is 12.4. The summed E-state index contributed by atoms with van der Waals surface area (Å²) in [5.41, 5.74) is -0.138. The molecule has 0 aromatic carbocycles. The Bertz CT molecular complexity index is 439. The highest BCUT2D eigenvalue weighted by Gasteiger charge is 2.20. The van der Waals surface area contributed by atoms with Crippen LogP contribution in [0.2, 0.25) is 5.15 Å². The third-order valence-corrected chi connectivity index (χ3v) is 3.27. The summed E-state index contributed by atoms with van der Waals surface area (Å²) >= 11 is 5.80. The summed E-state index contributed by atoms with van der Waals surface area (Å²) < 4.78 is 0. The van der Waals surface area contributed by atoms with Crippen LogP contribution in [-0.2, 0) is 0 Å². The normalized spacial score (nSPS) is 20.4. The van der Waals surface area contributed by atoms with Crippen LogP contribution >= 0.6 is 11.6 Å². The van der Waals surface area contributed by atoms with Gasteiger partial charge in [0.2, 0.25) is 5.15 Å². The van der Waals surface area contributed by atoms with Crippen LogP contribution in [0.15, 0.2) is 12.1 Å². The molecule has 0 amide bonds. The Morgan fingerprint density at radius 2 is 2.35 bits per heavy atom. The maximum atomic E-state index is 10.6. The SMILES string of the molecule is C[C@H]1CCCN(c2ccc([N+](=O)[O-])c(Cl)n2)C1. The van der Waals surface area contributed by atoms with E-state index in [4.69, 9.17) is 11.6 Å². The van der Waals surface area contributed by atoms with Gasteiger partial charge in [0.05, 0.1) is 4.92 Å². The summed E-state index contributed by atoms with van der Waals surface area (Å²) in [5, 5.41) is 10.6. The number of halogens is 1. The van der Waals surface area contributed by atoms with Crippen molar-refractivity contribution in [2.45, 2.75) is 19.8 Å². The van der Waals surface area contributed by atoms with Crippen LogP contribution in [0.1, 0.15) is 19.8 Å². The molecule has 1 saturated heterocycles. The molecule has 1 aliphatic heterocycles. The number of hydrogen-bond acceptors (Lipinski definition) is 4. The van der Waals surface area contributed by atoms with Crippen molar-refractivity contribution in [3.8, 4) is 0 Å². The average molecular weight is 256 g/mol. The standard InChI is InChI=1S/C11H14ClN3O2/c1-8-3-2-6-14(7-8)10-5-4-9(15(16)17)11(12)13-10/h4-5,8H,2-3,6-7H2,1H3/t8-/m0/s1. The second-order valence-corrected chi connectivity index (χ2v) is 4.79. The minimum atomic E-state index is -0.516. The second kappa shape index (κ2) is 4.87. The molecule has 0 saturated carbocycles. The van der Waals surface area contributed by atoms with E-state index in [1.54, 1.807) is 6.07 Å². The van der Waals surface area contributed by atoms with Crippen LogP contribution in [0.5, 0.6) is 0 Å². The van der Waals surface area contributed by atoms with Gasteiger partial charge in [0.1, 0.15) is 5.82 Å². The second-order valence-electron chi connectivity index (χ2n) is 4.43. The Balaban J connectivity index is 2.22. The quantitative estimate of drug-likeness (QED) is 0.463. The van der Waals surface area contributed by atoms with Crippen molar-refractivity contribution < 1.29 is 4.92 Å². The molecule has 2 heterocycles. The van der Waals surface area contributed by atoms with E-state index < -0.39 is 4.92 Å². The Kier molecular flexibility index (Phi) is 3.47. The van der Waals surface area contributed by atoms with Gasteiger partial charge in [0, 0.05) is 19.2 Å². The van der Waals surface area contributed by atoms with Crippen molar-refractivity contribution in [3.05, 3.63) is 27.4 Å². The van der Waals surface area contributed by atoms with E-state index in [0.29, 0.717) is 5.92 Å². The summed E-state index contributed by atoms with van der Waals surface area (Å²) in [7, 11) is 0. The van der Waals surface area contributed by atoms with E-state index in [-0.39, 0.29) is 10.8 Å². The van der Waals surface area contributed by atoms with Crippen molar-refractivity contribution in [2.24, 2.45) is 5.92 Å². The van der Waals surface area contributed by atoms with E-state index >= 15 is 0 Å².